The topological polar surface area (TPSA) is 84.2 Å². The van der Waals surface area contributed by atoms with Crippen molar-refractivity contribution in [2.24, 2.45) is 0 Å². The smallest absolute Gasteiger partial charge is 0.252 e. The molecule has 3 aromatic rings. The van der Waals surface area contributed by atoms with Crippen LogP contribution in [-0.4, -0.2) is 17.9 Å². The van der Waals surface area contributed by atoms with E-state index >= 15 is 0 Å². The Hall–Kier alpha value is -4.19. The second kappa shape index (κ2) is 9.96. The van der Waals surface area contributed by atoms with E-state index in [0.29, 0.717) is 11.4 Å². The zero-order valence-corrected chi connectivity index (χ0v) is 17.9. The summed E-state index contributed by atoms with van der Waals surface area (Å²) < 4.78 is 14.4. The Morgan fingerprint density at radius 1 is 0.909 bits per heavy atom. The Morgan fingerprint density at radius 2 is 1.58 bits per heavy atom. The summed E-state index contributed by atoms with van der Waals surface area (Å²) in [5, 5.41) is 5.66. The van der Waals surface area contributed by atoms with Crippen LogP contribution in [0, 0.1) is 5.82 Å². The van der Waals surface area contributed by atoms with Gasteiger partial charge in [-0.15, -0.1) is 0 Å². The van der Waals surface area contributed by atoms with E-state index in [2.05, 4.69) is 10.6 Å². The molecule has 0 saturated heterocycles. The van der Waals surface area contributed by atoms with Crippen molar-refractivity contribution in [1.29, 1.82) is 0 Å². The van der Waals surface area contributed by atoms with Gasteiger partial charge in [0.25, 0.3) is 5.91 Å². The largest absolute Gasteiger partial charge is 0.397 e. The lowest BCUT2D eigenvalue weighted by Gasteiger charge is -2.10. The number of nitrogens with one attached hydrogen (secondary N) is 2. The van der Waals surface area contributed by atoms with E-state index in [0.717, 1.165) is 24.0 Å². The summed E-state index contributed by atoms with van der Waals surface area (Å²) in [6.07, 6.45) is 6.67. The van der Waals surface area contributed by atoms with Crippen LogP contribution in [0.2, 0.25) is 0 Å². The molecule has 0 spiro atoms. The maximum absolute atomic E-state index is 14.4. The number of nitrogens with two attached hydrogens (primary N) is 1. The number of hydrogen-bond donors (Lipinski definition) is 3. The number of benzene rings is 3. The molecular weight excluding hydrogens is 417 g/mol. The van der Waals surface area contributed by atoms with E-state index in [1.165, 1.54) is 12.1 Å². The molecule has 4 rings (SSSR count). The second-order valence-electron chi connectivity index (χ2n) is 7.86. The first-order chi connectivity index (χ1) is 16.0. The minimum atomic E-state index is -0.445. The summed E-state index contributed by atoms with van der Waals surface area (Å²) in [4.78, 5) is 24.9. The maximum atomic E-state index is 14.4. The van der Waals surface area contributed by atoms with Crippen molar-refractivity contribution in [2.75, 3.05) is 11.1 Å². The maximum Gasteiger partial charge on any atom is 0.252 e. The quantitative estimate of drug-likeness (QED) is 0.278. The van der Waals surface area contributed by atoms with Gasteiger partial charge in [0.15, 0.2) is 0 Å². The van der Waals surface area contributed by atoms with Crippen LogP contribution in [0.1, 0.15) is 29.5 Å². The van der Waals surface area contributed by atoms with Crippen molar-refractivity contribution in [1.82, 2.24) is 5.32 Å². The summed E-state index contributed by atoms with van der Waals surface area (Å²) in [6, 6.07) is 20.7. The fraction of sp³-hybridized carbons (Fsp3) is 0.111. The number of rotatable bonds is 7. The van der Waals surface area contributed by atoms with E-state index < -0.39 is 5.82 Å². The SMILES string of the molecule is Nc1ccccc1NC(=O)/C=C/c1ccc(/C=C(/C(=O)NC2CC2)c2ccccc2F)cc1. The Bertz CT molecular complexity index is 1230. The van der Waals surface area contributed by atoms with Gasteiger partial charge in [-0.3, -0.25) is 9.59 Å². The zero-order chi connectivity index (χ0) is 23.2. The van der Waals surface area contributed by atoms with Gasteiger partial charge in [-0.1, -0.05) is 54.6 Å². The molecule has 166 valence electrons. The van der Waals surface area contributed by atoms with Crippen molar-refractivity contribution in [3.63, 3.8) is 0 Å². The molecule has 0 bridgehead atoms. The molecule has 1 fully saturated rings. The van der Waals surface area contributed by atoms with Gasteiger partial charge in [0.1, 0.15) is 5.82 Å². The molecule has 1 aliphatic rings. The summed E-state index contributed by atoms with van der Waals surface area (Å²) in [5.41, 5.74) is 8.98. The number of hydrogen-bond acceptors (Lipinski definition) is 3. The highest BCUT2D eigenvalue weighted by Gasteiger charge is 2.26. The Balaban J connectivity index is 1.50. The standard InChI is InChI=1S/C27H24FN3O2/c28-23-6-2-1-5-21(23)22(27(33)30-20-14-15-20)17-19-11-9-18(10-12-19)13-16-26(32)31-25-8-4-3-7-24(25)29/h1-13,16-17,20H,14-15,29H2,(H,30,33)(H,31,32)/b16-13+,22-17+. The lowest BCUT2D eigenvalue weighted by Crippen LogP contribution is -2.26. The number of para-hydroxylation sites is 2. The molecule has 0 radical (unpaired) electrons. The highest BCUT2D eigenvalue weighted by Crippen LogP contribution is 2.25. The average Bonchev–Trinajstić information content (AvgIpc) is 3.63. The fourth-order valence-electron chi connectivity index (χ4n) is 3.26. The van der Waals surface area contributed by atoms with Crippen LogP contribution >= 0.6 is 0 Å². The second-order valence-corrected chi connectivity index (χ2v) is 7.86. The van der Waals surface area contributed by atoms with Crippen LogP contribution in [-0.2, 0) is 9.59 Å². The van der Waals surface area contributed by atoms with Gasteiger partial charge >= 0.3 is 0 Å². The third-order valence-electron chi connectivity index (χ3n) is 5.21. The molecule has 2 amide bonds. The number of carbonyl (C=O) groups excluding carboxylic acids is 2. The molecule has 6 heteroatoms. The Kier molecular flexibility index (Phi) is 6.64. The van der Waals surface area contributed by atoms with E-state index in [-0.39, 0.29) is 29.0 Å². The zero-order valence-electron chi connectivity index (χ0n) is 17.9. The van der Waals surface area contributed by atoms with Gasteiger partial charge in [-0.05, 0) is 54.3 Å². The molecule has 4 N–H and O–H groups in total. The Labute approximate surface area is 191 Å². The lowest BCUT2D eigenvalue weighted by atomic mass is 10.0. The summed E-state index contributed by atoms with van der Waals surface area (Å²) in [6.45, 7) is 0. The van der Waals surface area contributed by atoms with Crippen molar-refractivity contribution >= 4 is 40.9 Å². The number of nitrogen functional groups attached to an aromatic ring is 1. The average molecular weight is 442 g/mol. The first-order valence-corrected chi connectivity index (χ1v) is 10.7. The van der Waals surface area contributed by atoms with Crippen LogP contribution in [0.3, 0.4) is 0 Å². The highest BCUT2D eigenvalue weighted by atomic mass is 19.1. The molecule has 0 heterocycles. The van der Waals surface area contributed by atoms with Crippen LogP contribution in [0.25, 0.3) is 17.7 Å². The highest BCUT2D eigenvalue weighted by molar-refractivity contribution is 6.24. The molecule has 0 aromatic heterocycles. The monoisotopic (exact) mass is 441 g/mol. The van der Waals surface area contributed by atoms with Crippen molar-refractivity contribution in [3.05, 3.63) is 101 Å². The van der Waals surface area contributed by atoms with Gasteiger partial charge in [0, 0.05) is 17.7 Å². The normalized spacial score (nSPS) is 13.7. The van der Waals surface area contributed by atoms with E-state index in [1.807, 2.05) is 24.3 Å². The molecule has 3 aromatic carbocycles. The summed E-state index contributed by atoms with van der Waals surface area (Å²) >= 11 is 0. The van der Waals surface area contributed by atoms with Crippen molar-refractivity contribution < 1.29 is 14.0 Å². The minimum absolute atomic E-state index is 0.164. The molecule has 1 aliphatic carbocycles. The van der Waals surface area contributed by atoms with Crippen LogP contribution in [0.4, 0.5) is 15.8 Å². The number of amides is 2. The first-order valence-electron chi connectivity index (χ1n) is 10.7. The summed E-state index contributed by atoms with van der Waals surface area (Å²) in [7, 11) is 0. The lowest BCUT2D eigenvalue weighted by molar-refractivity contribution is -0.115. The molecule has 0 atom stereocenters. The Morgan fingerprint density at radius 3 is 2.27 bits per heavy atom. The van der Waals surface area contributed by atoms with Gasteiger partial charge in [0.2, 0.25) is 5.91 Å². The van der Waals surface area contributed by atoms with Crippen LogP contribution < -0.4 is 16.4 Å². The predicted molar refractivity (Wildman–Crippen MR) is 130 cm³/mol. The van der Waals surface area contributed by atoms with Gasteiger partial charge in [0.05, 0.1) is 16.9 Å². The van der Waals surface area contributed by atoms with Crippen molar-refractivity contribution in [2.45, 2.75) is 18.9 Å². The molecule has 33 heavy (non-hydrogen) atoms. The third-order valence-corrected chi connectivity index (χ3v) is 5.21. The van der Waals surface area contributed by atoms with E-state index in [4.69, 9.17) is 5.73 Å². The molecule has 5 nitrogen and oxygen atoms in total. The number of carbonyl (C=O) groups is 2. The van der Waals surface area contributed by atoms with Gasteiger partial charge in [-0.25, -0.2) is 4.39 Å². The number of halogens is 1. The van der Waals surface area contributed by atoms with Gasteiger partial charge < -0.3 is 16.4 Å². The molecule has 0 unspecified atom stereocenters. The predicted octanol–water partition coefficient (Wildman–Crippen LogP) is 4.88. The molecule has 1 saturated carbocycles. The third kappa shape index (κ3) is 5.95. The van der Waals surface area contributed by atoms with Gasteiger partial charge in [-0.2, -0.15) is 0 Å². The van der Waals surface area contributed by atoms with Crippen LogP contribution in [0.15, 0.2) is 78.9 Å². The first kappa shape index (κ1) is 22.0. The molecular formula is C27H24FN3O2. The minimum Gasteiger partial charge on any atom is -0.397 e. The van der Waals surface area contributed by atoms with Crippen LogP contribution in [0.5, 0.6) is 0 Å². The van der Waals surface area contributed by atoms with E-state index in [9.17, 15) is 14.0 Å². The summed E-state index contributed by atoms with van der Waals surface area (Å²) in [5.74, 6) is -1.03. The number of anilines is 2. The fourth-order valence-corrected chi connectivity index (χ4v) is 3.26. The van der Waals surface area contributed by atoms with E-state index in [1.54, 1.807) is 54.6 Å². The van der Waals surface area contributed by atoms with Crippen molar-refractivity contribution in [3.8, 4) is 0 Å². The molecule has 0 aliphatic heterocycles.